The molecule has 0 unspecified atom stereocenters. The molecule has 0 radical (unpaired) electrons. The minimum Gasteiger partial charge on any atom is -0.503 e. The molecule has 0 spiro atoms. The van der Waals surface area contributed by atoms with Gasteiger partial charge in [0.15, 0.2) is 5.75 Å². The van der Waals surface area contributed by atoms with E-state index in [1.54, 1.807) is 14.0 Å². The summed E-state index contributed by atoms with van der Waals surface area (Å²) in [6.45, 7) is 3.39. The third-order valence-electron chi connectivity index (χ3n) is 2.16. The average molecular weight is 243 g/mol. The smallest absolute Gasteiger partial charge is 0.223 e. The Balaban J connectivity index is 2.37. The lowest BCUT2D eigenvalue weighted by atomic mass is 10.3. The maximum absolute atomic E-state index is 11.1. The van der Waals surface area contributed by atoms with Crippen molar-refractivity contribution < 1.29 is 19.4 Å². The summed E-state index contributed by atoms with van der Waals surface area (Å²) in [6.07, 6.45) is 1.46. The first kappa shape index (κ1) is 13.5. The van der Waals surface area contributed by atoms with Crippen LogP contribution in [0.1, 0.15) is 5.69 Å². The van der Waals surface area contributed by atoms with Gasteiger partial charge in [-0.25, -0.2) is 0 Å². The van der Waals surface area contributed by atoms with Gasteiger partial charge < -0.3 is 19.4 Å². The van der Waals surface area contributed by atoms with Crippen LogP contribution in [-0.2, 0) is 9.47 Å². The van der Waals surface area contributed by atoms with E-state index in [1.807, 2.05) is 0 Å². The molecular formula is C11H17NO5. The molecule has 1 rings (SSSR count). The summed E-state index contributed by atoms with van der Waals surface area (Å²) in [5.74, 6) is -0.298. The van der Waals surface area contributed by atoms with E-state index < -0.39 is 5.43 Å². The van der Waals surface area contributed by atoms with Crippen LogP contribution >= 0.6 is 0 Å². The first-order valence-corrected chi connectivity index (χ1v) is 5.28. The maximum atomic E-state index is 11.1. The lowest BCUT2D eigenvalue weighted by Gasteiger charge is -2.12. The largest absolute Gasteiger partial charge is 0.503 e. The molecule has 1 aromatic heterocycles. The highest BCUT2D eigenvalue weighted by atomic mass is 16.7. The van der Waals surface area contributed by atoms with Crippen LogP contribution in [0.15, 0.2) is 17.1 Å². The van der Waals surface area contributed by atoms with E-state index >= 15 is 0 Å². The van der Waals surface area contributed by atoms with Gasteiger partial charge in [-0.1, -0.05) is 0 Å². The monoisotopic (exact) mass is 243 g/mol. The van der Waals surface area contributed by atoms with Crippen LogP contribution in [0, 0.1) is 6.92 Å². The van der Waals surface area contributed by atoms with Crippen molar-refractivity contribution in [3.8, 4) is 5.75 Å². The van der Waals surface area contributed by atoms with Crippen molar-refractivity contribution in [3.05, 3.63) is 28.2 Å². The van der Waals surface area contributed by atoms with Gasteiger partial charge in [-0.2, -0.15) is 4.73 Å². The van der Waals surface area contributed by atoms with E-state index in [0.717, 1.165) is 0 Å². The topological polar surface area (TPSA) is 69.9 Å². The molecule has 17 heavy (non-hydrogen) atoms. The number of nitrogens with zero attached hydrogens (tertiary/aromatic N) is 1. The van der Waals surface area contributed by atoms with Gasteiger partial charge in [-0.3, -0.25) is 4.79 Å². The first-order chi connectivity index (χ1) is 8.16. The Morgan fingerprint density at radius 2 is 2.00 bits per heavy atom. The fourth-order valence-electron chi connectivity index (χ4n) is 1.19. The zero-order valence-corrected chi connectivity index (χ0v) is 10.0. The van der Waals surface area contributed by atoms with Gasteiger partial charge in [-0.05, 0) is 6.92 Å². The minimum absolute atomic E-state index is 0.298. The summed E-state index contributed by atoms with van der Waals surface area (Å²) in [6, 6.07) is 1.24. The lowest BCUT2D eigenvalue weighted by Crippen LogP contribution is -2.21. The maximum Gasteiger partial charge on any atom is 0.223 e. The van der Waals surface area contributed by atoms with E-state index in [0.29, 0.717) is 32.1 Å². The van der Waals surface area contributed by atoms with Crippen LogP contribution in [0.2, 0.25) is 0 Å². The highest BCUT2D eigenvalue weighted by Crippen LogP contribution is 2.07. The summed E-state index contributed by atoms with van der Waals surface area (Å²) >= 11 is 0. The minimum atomic E-state index is -0.418. The Morgan fingerprint density at radius 3 is 2.71 bits per heavy atom. The van der Waals surface area contributed by atoms with Crippen LogP contribution in [-0.4, -0.2) is 43.4 Å². The molecule has 0 fully saturated rings. The second kappa shape index (κ2) is 6.93. The molecule has 0 bridgehead atoms. The van der Waals surface area contributed by atoms with Gasteiger partial charge in [0.1, 0.15) is 6.61 Å². The van der Waals surface area contributed by atoms with Crippen molar-refractivity contribution in [2.24, 2.45) is 0 Å². The number of methoxy groups -OCH3 is 1. The second-order valence-electron chi connectivity index (χ2n) is 3.38. The highest BCUT2D eigenvalue weighted by molar-refractivity contribution is 5.24. The molecular weight excluding hydrogens is 226 g/mol. The molecule has 0 aliphatic heterocycles. The molecule has 1 heterocycles. The molecule has 1 N–H and O–H groups in total. The van der Waals surface area contributed by atoms with Gasteiger partial charge in [0.05, 0.1) is 25.5 Å². The normalized spacial score (nSPS) is 10.5. The molecule has 6 heteroatoms. The van der Waals surface area contributed by atoms with E-state index in [9.17, 15) is 9.90 Å². The van der Waals surface area contributed by atoms with Crippen LogP contribution in [0.4, 0.5) is 0 Å². The first-order valence-electron chi connectivity index (χ1n) is 5.28. The van der Waals surface area contributed by atoms with E-state index in [4.69, 9.17) is 14.3 Å². The molecule has 0 amide bonds. The number of aromatic hydroxyl groups is 1. The zero-order valence-electron chi connectivity index (χ0n) is 10.0. The summed E-state index contributed by atoms with van der Waals surface area (Å²) in [5.41, 5.74) is -0.0481. The number of aromatic nitrogens is 1. The molecule has 6 nitrogen and oxygen atoms in total. The number of hydrogen-bond donors (Lipinski definition) is 1. The molecule has 96 valence electrons. The van der Waals surface area contributed by atoms with Gasteiger partial charge in [0.2, 0.25) is 5.43 Å². The van der Waals surface area contributed by atoms with Gasteiger partial charge in [0.25, 0.3) is 0 Å². The van der Waals surface area contributed by atoms with Crippen molar-refractivity contribution in [1.82, 2.24) is 4.73 Å². The van der Waals surface area contributed by atoms with Crippen molar-refractivity contribution in [2.45, 2.75) is 6.92 Å². The van der Waals surface area contributed by atoms with Crippen LogP contribution in [0.3, 0.4) is 0 Å². The molecule has 1 aromatic rings. The van der Waals surface area contributed by atoms with Gasteiger partial charge in [-0.15, -0.1) is 0 Å². The third kappa shape index (κ3) is 4.08. The quantitative estimate of drug-likeness (QED) is 0.680. The second-order valence-corrected chi connectivity index (χ2v) is 3.38. The standard InChI is InChI=1S/C11H17NO5/c1-9-11(14)10(13)3-4-12(9)17-8-7-16-6-5-15-2/h3-4,14H,5-8H2,1-2H3. The van der Waals surface area contributed by atoms with Gasteiger partial charge >= 0.3 is 0 Å². The molecule has 0 aliphatic carbocycles. The van der Waals surface area contributed by atoms with Crippen LogP contribution < -0.4 is 10.3 Å². The fraction of sp³-hybridized carbons (Fsp3) is 0.545. The van der Waals surface area contributed by atoms with E-state index in [-0.39, 0.29) is 5.75 Å². The Kier molecular flexibility index (Phi) is 5.51. The predicted octanol–water partition coefficient (Wildman–Crippen LogP) is -0.0461. The number of rotatable bonds is 7. The van der Waals surface area contributed by atoms with Crippen LogP contribution in [0.5, 0.6) is 5.75 Å². The van der Waals surface area contributed by atoms with E-state index in [1.165, 1.54) is 17.0 Å². The van der Waals surface area contributed by atoms with Crippen LogP contribution in [0.25, 0.3) is 0 Å². The van der Waals surface area contributed by atoms with Gasteiger partial charge in [0, 0.05) is 19.4 Å². The highest BCUT2D eigenvalue weighted by Gasteiger charge is 2.05. The third-order valence-corrected chi connectivity index (χ3v) is 2.16. The average Bonchev–Trinajstić information content (AvgIpc) is 2.33. The van der Waals surface area contributed by atoms with E-state index in [2.05, 4.69) is 0 Å². The summed E-state index contributed by atoms with van der Waals surface area (Å²) in [4.78, 5) is 16.4. The molecule has 0 saturated carbocycles. The summed E-state index contributed by atoms with van der Waals surface area (Å²) in [5, 5.41) is 9.40. The predicted molar refractivity (Wildman–Crippen MR) is 61.2 cm³/mol. The molecule has 0 aliphatic rings. The molecule has 0 saturated heterocycles. The van der Waals surface area contributed by atoms with Crippen molar-refractivity contribution in [3.63, 3.8) is 0 Å². The molecule has 0 aromatic carbocycles. The summed E-state index contributed by atoms with van der Waals surface area (Å²) in [7, 11) is 1.60. The number of ether oxygens (including phenoxy) is 2. The number of hydrogen-bond acceptors (Lipinski definition) is 5. The Hall–Kier alpha value is -1.53. The zero-order chi connectivity index (χ0) is 12.7. The van der Waals surface area contributed by atoms with Crippen molar-refractivity contribution in [1.29, 1.82) is 0 Å². The molecule has 0 atom stereocenters. The SMILES string of the molecule is COCCOCCOn1ccc(=O)c(O)c1C. The Bertz CT molecular complexity index is 401. The fourth-order valence-corrected chi connectivity index (χ4v) is 1.19. The lowest BCUT2D eigenvalue weighted by molar-refractivity contribution is 0.0165. The van der Waals surface area contributed by atoms with Crippen molar-refractivity contribution >= 4 is 0 Å². The Morgan fingerprint density at radius 1 is 1.29 bits per heavy atom. The number of pyridine rings is 1. The Labute approximate surface area is 99.3 Å². The summed E-state index contributed by atoms with van der Waals surface area (Å²) < 4.78 is 11.4. The van der Waals surface area contributed by atoms with Crippen molar-refractivity contribution in [2.75, 3.05) is 33.5 Å².